The summed E-state index contributed by atoms with van der Waals surface area (Å²) < 4.78 is 47.0. The molecule has 1 unspecified atom stereocenters. The summed E-state index contributed by atoms with van der Waals surface area (Å²) in [6.45, 7) is 1.72. The summed E-state index contributed by atoms with van der Waals surface area (Å²) >= 11 is 5.95. The number of carbonyl (C=O) groups excluding carboxylic acids is 1. The maximum atomic E-state index is 12.6. The molecule has 0 aliphatic carbocycles. The Morgan fingerprint density at radius 1 is 1.21 bits per heavy atom. The number of para-hydroxylation sites is 1. The van der Waals surface area contributed by atoms with Crippen LogP contribution in [0.25, 0.3) is 0 Å². The third kappa shape index (κ3) is 6.03. The van der Waals surface area contributed by atoms with E-state index in [9.17, 15) is 18.0 Å². The minimum Gasteiger partial charge on any atom is -0.495 e. The van der Waals surface area contributed by atoms with Crippen LogP contribution < -0.4 is 14.8 Å². The van der Waals surface area contributed by atoms with Crippen LogP contribution in [0.1, 0.15) is 12.5 Å². The van der Waals surface area contributed by atoms with Gasteiger partial charge in [-0.15, -0.1) is 13.2 Å². The number of amides is 1. The summed E-state index contributed by atoms with van der Waals surface area (Å²) in [7, 11) is 3.09. The van der Waals surface area contributed by atoms with Gasteiger partial charge in [0.2, 0.25) is 5.91 Å². The lowest BCUT2D eigenvalue weighted by atomic mass is 10.1. The number of halogens is 4. The number of benzene rings is 2. The van der Waals surface area contributed by atoms with Crippen molar-refractivity contribution >= 4 is 23.2 Å². The molecule has 9 heteroatoms. The molecule has 0 bridgehead atoms. The zero-order chi connectivity index (χ0) is 20.9. The molecule has 0 saturated carbocycles. The van der Waals surface area contributed by atoms with Gasteiger partial charge in [-0.1, -0.05) is 29.8 Å². The molecule has 0 aliphatic rings. The van der Waals surface area contributed by atoms with Crippen LogP contribution in [0.3, 0.4) is 0 Å². The van der Waals surface area contributed by atoms with E-state index in [1.165, 1.54) is 25.3 Å². The van der Waals surface area contributed by atoms with Gasteiger partial charge in [0.25, 0.3) is 0 Å². The Morgan fingerprint density at radius 2 is 1.89 bits per heavy atom. The van der Waals surface area contributed by atoms with Crippen molar-refractivity contribution in [3.63, 3.8) is 0 Å². The number of alkyl halides is 3. The molecular formula is C19H20ClF3N2O3. The van der Waals surface area contributed by atoms with E-state index in [1.54, 1.807) is 43.1 Å². The number of anilines is 1. The summed E-state index contributed by atoms with van der Waals surface area (Å²) in [6.07, 6.45) is -4.79. The van der Waals surface area contributed by atoms with Gasteiger partial charge in [-0.3, -0.25) is 9.69 Å². The Bertz CT molecular complexity index is 830. The zero-order valence-corrected chi connectivity index (χ0v) is 16.3. The van der Waals surface area contributed by atoms with E-state index in [1.807, 2.05) is 0 Å². The molecule has 1 amide bonds. The van der Waals surface area contributed by atoms with E-state index in [4.69, 9.17) is 16.3 Å². The second-order valence-electron chi connectivity index (χ2n) is 6.08. The first-order chi connectivity index (χ1) is 13.1. The van der Waals surface area contributed by atoms with Gasteiger partial charge in [0.15, 0.2) is 0 Å². The lowest BCUT2D eigenvalue weighted by Crippen LogP contribution is -2.39. The number of hydrogen-bond donors (Lipinski definition) is 1. The van der Waals surface area contributed by atoms with Crippen molar-refractivity contribution in [2.24, 2.45) is 0 Å². The van der Waals surface area contributed by atoms with Crippen LogP contribution >= 0.6 is 11.6 Å². The quantitative estimate of drug-likeness (QED) is 0.710. The first kappa shape index (κ1) is 21.8. The van der Waals surface area contributed by atoms with Crippen molar-refractivity contribution in [1.29, 1.82) is 0 Å². The molecule has 2 rings (SSSR count). The van der Waals surface area contributed by atoms with Crippen LogP contribution in [0, 0.1) is 0 Å². The third-order valence-electron chi connectivity index (χ3n) is 4.08. The van der Waals surface area contributed by atoms with Crippen LogP contribution in [-0.2, 0) is 11.3 Å². The van der Waals surface area contributed by atoms with Gasteiger partial charge in [0.1, 0.15) is 11.5 Å². The number of nitrogens with zero attached hydrogens (tertiary/aromatic N) is 1. The molecule has 0 radical (unpaired) electrons. The summed E-state index contributed by atoms with van der Waals surface area (Å²) in [5.74, 6) is -0.222. The minimum atomic E-state index is -4.79. The normalized spacial score (nSPS) is 12.6. The highest BCUT2D eigenvalue weighted by Gasteiger charge is 2.32. The van der Waals surface area contributed by atoms with Gasteiger partial charge < -0.3 is 14.8 Å². The largest absolute Gasteiger partial charge is 0.573 e. The maximum Gasteiger partial charge on any atom is 0.573 e. The van der Waals surface area contributed by atoms with Crippen molar-refractivity contribution in [2.45, 2.75) is 25.9 Å². The van der Waals surface area contributed by atoms with Gasteiger partial charge in [0, 0.05) is 17.1 Å². The highest BCUT2D eigenvalue weighted by atomic mass is 35.5. The Balaban J connectivity index is 2.10. The van der Waals surface area contributed by atoms with Crippen molar-refractivity contribution in [3.8, 4) is 11.5 Å². The van der Waals surface area contributed by atoms with E-state index in [0.29, 0.717) is 22.0 Å². The fourth-order valence-corrected chi connectivity index (χ4v) is 2.65. The molecule has 28 heavy (non-hydrogen) atoms. The molecular weight excluding hydrogens is 397 g/mol. The molecule has 2 aromatic rings. The topological polar surface area (TPSA) is 50.8 Å². The first-order valence-electron chi connectivity index (χ1n) is 8.29. The van der Waals surface area contributed by atoms with Crippen molar-refractivity contribution < 1.29 is 27.4 Å². The number of hydrogen-bond acceptors (Lipinski definition) is 4. The second-order valence-corrected chi connectivity index (χ2v) is 6.52. The smallest absolute Gasteiger partial charge is 0.495 e. The monoisotopic (exact) mass is 416 g/mol. The predicted molar refractivity (Wildman–Crippen MR) is 101 cm³/mol. The van der Waals surface area contributed by atoms with Crippen LogP contribution in [0.2, 0.25) is 5.02 Å². The molecule has 1 atom stereocenters. The Labute approximate surface area is 166 Å². The molecule has 0 aromatic heterocycles. The van der Waals surface area contributed by atoms with Crippen molar-refractivity contribution in [1.82, 2.24) is 4.90 Å². The lowest BCUT2D eigenvalue weighted by molar-refractivity contribution is -0.275. The minimum absolute atomic E-state index is 0.0769. The summed E-state index contributed by atoms with van der Waals surface area (Å²) in [5.41, 5.74) is 0.711. The van der Waals surface area contributed by atoms with E-state index in [-0.39, 0.29) is 18.2 Å². The van der Waals surface area contributed by atoms with Gasteiger partial charge in [-0.25, -0.2) is 0 Å². The number of carbonyl (C=O) groups is 1. The summed E-state index contributed by atoms with van der Waals surface area (Å²) in [4.78, 5) is 14.2. The van der Waals surface area contributed by atoms with Crippen LogP contribution in [0.4, 0.5) is 18.9 Å². The average molecular weight is 417 g/mol. The average Bonchev–Trinajstić information content (AvgIpc) is 2.61. The third-order valence-corrected chi connectivity index (χ3v) is 4.31. The van der Waals surface area contributed by atoms with Crippen molar-refractivity contribution in [3.05, 3.63) is 53.1 Å². The molecule has 1 N–H and O–H groups in total. The second kappa shape index (κ2) is 9.16. The molecule has 0 spiro atoms. The highest BCUT2D eigenvalue weighted by molar-refractivity contribution is 6.31. The molecule has 0 heterocycles. The Hall–Kier alpha value is -2.45. The standard InChI is InChI=1S/C19H20ClF3N2O3/c1-12(18(26)24-15-10-14(20)8-9-17(15)27-3)25(2)11-13-6-4-5-7-16(13)28-19(21,22)23/h4-10,12H,11H2,1-3H3,(H,24,26). The van der Waals surface area contributed by atoms with E-state index >= 15 is 0 Å². The van der Waals surface area contributed by atoms with Gasteiger partial charge in [-0.05, 0) is 38.2 Å². The Kier molecular flexibility index (Phi) is 7.15. The molecule has 152 valence electrons. The molecule has 2 aromatic carbocycles. The predicted octanol–water partition coefficient (Wildman–Crippen LogP) is 4.71. The summed E-state index contributed by atoms with van der Waals surface area (Å²) in [5, 5.41) is 3.15. The van der Waals surface area contributed by atoms with Crippen LogP contribution in [0.15, 0.2) is 42.5 Å². The van der Waals surface area contributed by atoms with Gasteiger partial charge >= 0.3 is 6.36 Å². The van der Waals surface area contributed by atoms with Crippen molar-refractivity contribution in [2.75, 3.05) is 19.5 Å². The highest BCUT2D eigenvalue weighted by Crippen LogP contribution is 2.29. The lowest BCUT2D eigenvalue weighted by Gasteiger charge is -2.25. The van der Waals surface area contributed by atoms with Crippen LogP contribution in [0.5, 0.6) is 11.5 Å². The summed E-state index contributed by atoms with van der Waals surface area (Å²) in [6, 6.07) is 9.96. The SMILES string of the molecule is COc1ccc(Cl)cc1NC(=O)C(C)N(C)Cc1ccccc1OC(F)(F)F. The number of rotatable bonds is 7. The first-order valence-corrected chi connectivity index (χ1v) is 8.67. The molecule has 5 nitrogen and oxygen atoms in total. The number of ether oxygens (including phenoxy) is 2. The fourth-order valence-electron chi connectivity index (χ4n) is 2.48. The molecule has 0 aliphatic heterocycles. The van der Waals surface area contributed by atoms with E-state index < -0.39 is 12.4 Å². The number of methoxy groups -OCH3 is 1. The van der Waals surface area contributed by atoms with Gasteiger partial charge in [-0.2, -0.15) is 0 Å². The maximum absolute atomic E-state index is 12.6. The van der Waals surface area contributed by atoms with E-state index in [2.05, 4.69) is 10.1 Å². The van der Waals surface area contributed by atoms with Crippen LogP contribution in [-0.4, -0.2) is 37.4 Å². The van der Waals surface area contributed by atoms with Gasteiger partial charge in [0.05, 0.1) is 18.8 Å². The number of nitrogens with one attached hydrogen (secondary N) is 1. The van der Waals surface area contributed by atoms with E-state index in [0.717, 1.165) is 0 Å². The molecule has 0 saturated heterocycles. The Morgan fingerprint density at radius 3 is 2.54 bits per heavy atom. The molecule has 0 fully saturated rings. The zero-order valence-electron chi connectivity index (χ0n) is 15.5. The fraction of sp³-hybridized carbons (Fsp3) is 0.316. The number of likely N-dealkylation sites (N-methyl/N-ethyl adjacent to an activating group) is 1.